The number of aromatic nitrogens is 2. The Kier molecular flexibility index (Phi) is 11.2. The fourth-order valence-electron chi connectivity index (χ4n) is 3.50. The largest absolute Gasteiger partial charge is 0.494 e. The molecule has 246 valence electrons. The summed E-state index contributed by atoms with van der Waals surface area (Å²) in [5, 5.41) is 10.7. The molecule has 0 fully saturated rings. The number of nitrogens with one attached hydrogen (secondary N) is 3. The monoisotopic (exact) mass is 686 g/mol. The smallest absolute Gasteiger partial charge is 0.491 e. The average molecular weight is 687 g/mol. The number of aryl methyl sites for hydroxylation is 1. The molecule has 2 heterocycles. The van der Waals surface area contributed by atoms with Crippen LogP contribution in [0.5, 0.6) is 5.75 Å². The molecule has 0 unspecified atom stereocenters. The standard InChI is InChI=1S/C24H24F6N6O7S2/c1-36-18(23(25,26)27)12-15(33-36)17-7-8-19(44-17)45(39,40)35-16(20(37)43-21(38)24(28,29)30)11-13-3-5-14(6-4-13)41-9-2-10-42-34-22(31)32/h3-8,12,16,35H,2,9-11H2,1H3,(H4,31,32,34)/t16-/m0/s1. The number of rotatable bonds is 13. The van der Waals surface area contributed by atoms with Crippen LogP contribution in [0.15, 0.2) is 46.7 Å². The van der Waals surface area contributed by atoms with E-state index >= 15 is 0 Å². The minimum Gasteiger partial charge on any atom is -0.494 e. The second kappa shape index (κ2) is 14.3. The number of hydroxylamine groups is 1. The van der Waals surface area contributed by atoms with Crippen molar-refractivity contribution in [1.82, 2.24) is 20.0 Å². The van der Waals surface area contributed by atoms with Crippen molar-refractivity contribution in [2.24, 2.45) is 12.8 Å². The van der Waals surface area contributed by atoms with Crippen molar-refractivity contribution in [2.75, 3.05) is 13.2 Å². The van der Waals surface area contributed by atoms with Gasteiger partial charge in [0, 0.05) is 13.5 Å². The van der Waals surface area contributed by atoms with Crippen LogP contribution in [0.4, 0.5) is 26.3 Å². The first-order valence-corrected chi connectivity index (χ1v) is 14.7. The molecule has 21 heteroatoms. The van der Waals surface area contributed by atoms with Crippen molar-refractivity contribution < 1.29 is 58.7 Å². The summed E-state index contributed by atoms with van der Waals surface area (Å²) in [6.45, 7) is 0.326. The molecule has 0 bridgehead atoms. The second-order valence-corrected chi connectivity index (χ2v) is 12.0. The zero-order valence-electron chi connectivity index (χ0n) is 22.9. The lowest BCUT2D eigenvalue weighted by Crippen LogP contribution is -2.45. The van der Waals surface area contributed by atoms with Crippen LogP contribution in [0, 0.1) is 5.41 Å². The molecule has 0 aliphatic rings. The lowest BCUT2D eigenvalue weighted by atomic mass is 10.1. The van der Waals surface area contributed by atoms with E-state index < -0.39 is 56.7 Å². The van der Waals surface area contributed by atoms with Crippen molar-refractivity contribution >= 4 is 39.3 Å². The predicted octanol–water partition coefficient (Wildman–Crippen LogP) is 2.87. The first-order chi connectivity index (χ1) is 20.9. The molecular formula is C24H24F6N6O7S2. The number of ether oxygens (including phenoxy) is 2. The van der Waals surface area contributed by atoms with Crippen molar-refractivity contribution in [3.63, 3.8) is 0 Å². The number of carbonyl (C=O) groups is 2. The number of hydrogen-bond acceptors (Lipinski definition) is 10. The fraction of sp³-hybridized carbons (Fsp3) is 0.333. The van der Waals surface area contributed by atoms with Crippen molar-refractivity contribution in [1.29, 1.82) is 5.41 Å². The molecule has 1 aromatic carbocycles. The number of benzene rings is 1. The fourth-order valence-corrected chi connectivity index (χ4v) is 5.96. The predicted molar refractivity (Wildman–Crippen MR) is 144 cm³/mol. The van der Waals surface area contributed by atoms with Gasteiger partial charge < -0.3 is 15.2 Å². The Morgan fingerprint density at radius 3 is 2.33 bits per heavy atom. The van der Waals surface area contributed by atoms with E-state index in [1.54, 1.807) is 0 Å². The second-order valence-electron chi connectivity index (χ2n) is 8.95. The molecule has 2 aromatic heterocycles. The van der Waals surface area contributed by atoms with Gasteiger partial charge >= 0.3 is 24.3 Å². The van der Waals surface area contributed by atoms with Gasteiger partial charge in [0.15, 0.2) is 0 Å². The minimum atomic E-state index is -5.55. The first-order valence-electron chi connectivity index (χ1n) is 12.4. The summed E-state index contributed by atoms with van der Waals surface area (Å²) in [6.07, 6.45) is -10.5. The van der Waals surface area contributed by atoms with Gasteiger partial charge in [-0.05, 0) is 42.3 Å². The maximum absolute atomic E-state index is 13.1. The molecule has 0 spiro atoms. The van der Waals surface area contributed by atoms with Gasteiger partial charge in [-0.2, -0.15) is 36.2 Å². The summed E-state index contributed by atoms with van der Waals surface area (Å²) >= 11 is 0.481. The van der Waals surface area contributed by atoms with Crippen LogP contribution in [0.1, 0.15) is 17.7 Å². The molecule has 0 aliphatic heterocycles. The summed E-state index contributed by atoms with van der Waals surface area (Å²) in [7, 11) is -3.65. The van der Waals surface area contributed by atoms with Crippen LogP contribution >= 0.6 is 11.3 Å². The van der Waals surface area contributed by atoms with Gasteiger partial charge in [0.1, 0.15) is 27.4 Å². The van der Waals surface area contributed by atoms with Crippen LogP contribution in [-0.4, -0.2) is 61.5 Å². The Hall–Kier alpha value is -4.21. The van der Waals surface area contributed by atoms with Gasteiger partial charge in [0.25, 0.3) is 10.0 Å². The zero-order valence-corrected chi connectivity index (χ0v) is 24.5. The Balaban J connectivity index is 1.76. The zero-order chi connectivity index (χ0) is 33.6. The van der Waals surface area contributed by atoms with Gasteiger partial charge in [-0.3, -0.25) is 14.9 Å². The third-order valence-electron chi connectivity index (χ3n) is 5.48. The Bertz CT molecular complexity index is 1620. The van der Waals surface area contributed by atoms with E-state index in [9.17, 15) is 44.3 Å². The van der Waals surface area contributed by atoms with Gasteiger partial charge in [-0.15, -0.1) is 11.3 Å². The number of hydrogen-bond donors (Lipinski definition) is 4. The summed E-state index contributed by atoms with van der Waals surface area (Å²) in [6, 6.07) is 6.44. The number of carbonyl (C=O) groups excluding carboxylic acids is 2. The first kappa shape index (κ1) is 35.3. The molecule has 0 radical (unpaired) electrons. The average Bonchev–Trinajstić information content (AvgIpc) is 3.58. The molecule has 0 saturated heterocycles. The Morgan fingerprint density at radius 1 is 1.09 bits per heavy atom. The highest BCUT2D eigenvalue weighted by Gasteiger charge is 2.44. The highest BCUT2D eigenvalue weighted by atomic mass is 32.2. The highest BCUT2D eigenvalue weighted by molar-refractivity contribution is 7.91. The van der Waals surface area contributed by atoms with E-state index in [0.29, 0.717) is 34.3 Å². The van der Waals surface area contributed by atoms with Crippen LogP contribution < -0.4 is 20.7 Å². The van der Waals surface area contributed by atoms with Crippen molar-refractivity contribution in [2.45, 2.75) is 35.4 Å². The summed E-state index contributed by atoms with van der Waals surface area (Å²) < 4.78 is 115. The molecule has 0 amide bonds. The number of sulfonamides is 1. The maximum atomic E-state index is 13.1. The molecule has 1 atom stereocenters. The summed E-state index contributed by atoms with van der Waals surface area (Å²) in [5.41, 5.74) is 6.12. The Labute approximate surface area is 254 Å². The third kappa shape index (κ3) is 10.2. The maximum Gasteiger partial charge on any atom is 0.491 e. The molecule has 5 N–H and O–H groups in total. The van der Waals surface area contributed by atoms with E-state index in [4.69, 9.17) is 20.7 Å². The summed E-state index contributed by atoms with van der Waals surface area (Å²) in [4.78, 5) is 28.7. The highest BCUT2D eigenvalue weighted by Crippen LogP contribution is 2.35. The van der Waals surface area contributed by atoms with E-state index in [1.807, 2.05) is 4.72 Å². The summed E-state index contributed by atoms with van der Waals surface area (Å²) in [5.74, 6) is -4.76. The number of halogens is 6. The van der Waals surface area contributed by atoms with Crippen LogP contribution in [-0.2, 0) is 48.8 Å². The van der Waals surface area contributed by atoms with Crippen LogP contribution in [0.3, 0.4) is 0 Å². The van der Waals surface area contributed by atoms with Gasteiger partial charge in [-0.1, -0.05) is 12.1 Å². The van der Waals surface area contributed by atoms with Crippen LogP contribution in [0.25, 0.3) is 10.6 Å². The molecule has 45 heavy (non-hydrogen) atoms. The van der Waals surface area contributed by atoms with Gasteiger partial charge in [-0.25, -0.2) is 23.5 Å². The van der Waals surface area contributed by atoms with Crippen molar-refractivity contribution in [3.05, 3.63) is 53.7 Å². The molecule has 0 aliphatic carbocycles. The number of thiophene rings is 1. The van der Waals surface area contributed by atoms with Crippen LogP contribution in [0.2, 0.25) is 0 Å². The van der Waals surface area contributed by atoms with E-state index in [-0.39, 0.29) is 35.3 Å². The number of nitrogens with two attached hydrogens (primary N) is 1. The molecular weight excluding hydrogens is 662 g/mol. The van der Waals surface area contributed by atoms with E-state index in [2.05, 4.69) is 15.3 Å². The number of alkyl halides is 6. The van der Waals surface area contributed by atoms with E-state index in [0.717, 1.165) is 19.2 Å². The lowest BCUT2D eigenvalue weighted by Gasteiger charge is -2.17. The molecule has 3 aromatic rings. The number of esters is 2. The van der Waals surface area contributed by atoms with Crippen molar-refractivity contribution in [3.8, 4) is 16.3 Å². The number of guanidine groups is 1. The quantitative estimate of drug-likeness (QED) is 0.0396. The SMILES string of the molecule is Cn1nc(-c2ccc(S(=O)(=O)N[C@@H](Cc3ccc(OCCCONC(=N)N)cc3)C(=O)OC(=O)C(F)(F)F)s2)cc1C(F)(F)F. The minimum absolute atomic E-state index is 0.00474. The molecule has 3 rings (SSSR count). The number of nitrogens with zero attached hydrogens (tertiary/aromatic N) is 2. The normalized spacial score (nSPS) is 12.9. The molecule has 0 saturated carbocycles. The molecule has 13 nitrogen and oxygen atoms in total. The lowest BCUT2D eigenvalue weighted by molar-refractivity contribution is -0.202. The Morgan fingerprint density at radius 2 is 1.76 bits per heavy atom. The van der Waals surface area contributed by atoms with Gasteiger partial charge in [0.05, 0.1) is 18.1 Å². The topological polar surface area (TPSA) is 188 Å². The third-order valence-corrected chi connectivity index (χ3v) is 8.55. The van der Waals surface area contributed by atoms with E-state index in [1.165, 1.54) is 24.3 Å². The van der Waals surface area contributed by atoms with Gasteiger partial charge in [0.2, 0.25) is 5.96 Å².